The van der Waals surface area contributed by atoms with E-state index in [2.05, 4.69) is 22.1 Å². The highest BCUT2D eigenvalue weighted by Gasteiger charge is 2.27. The second kappa shape index (κ2) is 9.43. The van der Waals surface area contributed by atoms with Crippen LogP contribution in [0.2, 0.25) is 0 Å². The summed E-state index contributed by atoms with van der Waals surface area (Å²) in [5, 5.41) is 3.41. The van der Waals surface area contributed by atoms with Crippen molar-refractivity contribution in [2.24, 2.45) is 0 Å². The normalized spacial score (nSPS) is 18.4. The number of H-pyrrole nitrogens is 1. The van der Waals surface area contributed by atoms with Crippen LogP contribution in [-0.4, -0.2) is 58.0 Å². The Morgan fingerprint density at radius 2 is 2.14 bits per heavy atom. The number of aromatic nitrogens is 2. The van der Waals surface area contributed by atoms with Gasteiger partial charge < -0.3 is 10.3 Å². The number of amides is 1. The van der Waals surface area contributed by atoms with Crippen LogP contribution < -0.4 is 16.6 Å². The maximum Gasteiger partial charge on any atom is 0.329 e. The minimum absolute atomic E-state index is 0.264. The van der Waals surface area contributed by atoms with Gasteiger partial charge in [-0.15, -0.1) is 0 Å². The summed E-state index contributed by atoms with van der Waals surface area (Å²) in [5.74, 6) is 0.418. The van der Waals surface area contributed by atoms with Crippen LogP contribution in [0.3, 0.4) is 0 Å². The van der Waals surface area contributed by atoms with E-state index in [1.54, 1.807) is 36.0 Å². The van der Waals surface area contributed by atoms with Crippen molar-refractivity contribution in [3.05, 3.63) is 45.1 Å². The van der Waals surface area contributed by atoms with Crippen LogP contribution in [0.5, 0.6) is 0 Å². The summed E-state index contributed by atoms with van der Waals surface area (Å²) < 4.78 is 1.08. The lowest BCUT2D eigenvalue weighted by molar-refractivity contribution is -0.124. The number of rotatable bonds is 8. The minimum atomic E-state index is -0.815. The van der Waals surface area contributed by atoms with Crippen LogP contribution in [0.1, 0.15) is 32.2 Å². The number of carbonyl (C=O) groups excluding carboxylic acids is 1. The zero-order valence-electron chi connectivity index (χ0n) is 16.4. The lowest BCUT2D eigenvalue weighted by Crippen LogP contribution is -2.47. The van der Waals surface area contributed by atoms with Crippen molar-refractivity contribution in [2.75, 3.05) is 31.6 Å². The summed E-state index contributed by atoms with van der Waals surface area (Å²) in [4.78, 5) is 43.7. The van der Waals surface area contributed by atoms with Crippen LogP contribution >= 0.6 is 11.8 Å². The highest BCUT2D eigenvalue weighted by atomic mass is 32.2. The predicted molar refractivity (Wildman–Crippen MR) is 114 cm³/mol. The Kier molecular flexibility index (Phi) is 6.96. The maximum absolute atomic E-state index is 13.0. The Hall–Kier alpha value is -2.06. The topological polar surface area (TPSA) is 87.2 Å². The highest BCUT2D eigenvalue weighted by molar-refractivity contribution is 7.98. The van der Waals surface area contributed by atoms with Gasteiger partial charge in [-0.05, 0) is 56.5 Å². The molecule has 0 radical (unpaired) electrons. The number of aromatic amines is 1. The van der Waals surface area contributed by atoms with Crippen LogP contribution in [-0.2, 0) is 4.79 Å². The fourth-order valence-electron chi connectivity index (χ4n) is 3.94. The molecule has 0 bridgehead atoms. The molecule has 0 spiro atoms. The molecule has 0 aliphatic carbocycles. The number of likely N-dealkylation sites (tertiary alicyclic amines) is 1. The number of benzene rings is 1. The van der Waals surface area contributed by atoms with E-state index in [9.17, 15) is 14.4 Å². The van der Waals surface area contributed by atoms with Crippen LogP contribution in [0.25, 0.3) is 10.9 Å². The van der Waals surface area contributed by atoms with E-state index in [1.165, 1.54) is 0 Å². The van der Waals surface area contributed by atoms with E-state index >= 15 is 0 Å². The van der Waals surface area contributed by atoms with Crippen molar-refractivity contribution in [1.29, 1.82) is 0 Å². The number of thioether (sulfide) groups is 1. The van der Waals surface area contributed by atoms with E-state index < -0.39 is 17.3 Å². The van der Waals surface area contributed by atoms with E-state index in [1.807, 2.05) is 6.26 Å². The monoisotopic (exact) mass is 404 g/mol. The third-order valence-corrected chi connectivity index (χ3v) is 6.11. The Labute approximate surface area is 168 Å². The van der Waals surface area contributed by atoms with Gasteiger partial charge in [0.05, 0.1) is 10.9 Å². The van der Waals surface area contributed by atoms with Gasteiger partial charge in [0.15, 0.2) is 0 Å². The number of nitrogens with one attached hydrogen (secondary N) is 2. The Morgan fingerprint density at radius 3 is 2.89 bits per heavy atom. The summed E-state index contributed by atoms with van der Waals surface area (Å²) in [6.07, 6.45) is 4.56. The van der Waals surface area contributed by atoms with Gasteiger partial charge in [0.25, 0.3) is 5.56 Å². The number of nitrogens with zero attached hydrogens (tertiary/aromatic N) is 2. The van der Waals surface area contributed by atoms with E-state index in [0.717, 1.165) is 30.5 Å². The summed E-state index contributed by atoms with van der Waals surface area (Å²) in [6, 6.07) is 6.39. The quantitative estimate of drug-likeness (QED) is 0.698. The van der Waals surface area contributed by atoms with Crippen molar-refractivity contribution in [3.8, 4) is 0 Å². The molecular weight excluding hydrogens is 376 g/mol. The first-order chi connectivity index (χ1) is 13.6. The molecule has 1 aromatic heterocycles. The Bertz CT molecular complexity index is 939. The molecule has 2 heterocycles. The lowest BCUT2D eigenvalue weighted by atomic mass is 10.1. The number of para-hydroxylation sites is 1. The van der Waals surface area contributed by atoms with Crippen molar-refractivity contribution in [3.63, 3.8) is 0 Å². The van der Waals surface area contributed by atoms with Gasteiger partial charge in [-0.1, -0.05) is 19.1 Å². The summed E-state index contributed by atoms with van der Waals surface area (Å²) in [7, 11) is 0. The zero-order chi connectivity index (χ0) is 20.1. The molecule has 1 amide bonds. The molecular formula is C20H28N4O3S. The van der Waals surface area contributed by atoms with Crippen molar-refractivity contribution in [2.45, 2.75) is 38.3 Å². The maximum atomic E-state index is 13.0. The smallest absolute Gasteiger partial charge is 0.329 e. The molecule has 1 saturated heterocycles. The number of hydrogen-bond acceptors (Lipinski definition) is 5. The fraction of sp³-hybridized carbons (Fsp3) is 0.550. The standard InChI is InChI=1S/C20H28N4O3S/c1-3-23-11-6-7-14(23)13-21-18(25)17(10-12-28-2)24-19(26)15-8-4-5-9-16(15)22-20(24)27/h4-5,8-9,14,17H,3,6-7,10-13H2,1-2H3,(H,21,25)(H,22,27)/t14-,17-/m0/s1. The Balaban J connectivity index is 1.87. The molecule has 2 aromatic rings. The first-order valence-electron chi connectivity index (χ1n) is 9.81. The average molecular weight is 405 g/mol. The molecule has 1 aliphatic heterocycles. The van der Waals surface area contributed by atoms with Gasteiger partial charge in [-0.3, -0.25) is 14.5 Å². The number of carbonyl (C=O) groups is 1. The first kappa shape index (κ1) is 20.7. The SMILES string of the molecule is CCN1CCC[C@H]1CNC(=O)[C@H](CCSC)n1c(=O)[nH]c2ccccc2c1=O. The van der Waals surface area contributed by atoms with Crippen molar-refractivity contribution >= 4 is 28.6 Å². The fourth-order valence-corrected chi connectivity index (χ4v) is 4.40. The molecule has 152 valence electrons. The van der Waals surface area contributed by atoms with Gasteiger partial charge in [-0.2, -0.15) is 11.8 Å². The first-order valence-corrected chi connectivity index (χ1v) is 11.2. The van der Waals surface area contributed by atoms with E-state index in [4.69, 9.17) is 0 Å². The molecule has 2 atom stereocenters. The Morgan fingerprint density at radius 1 is 1.36 bits per heavy atom. The minimum Gasteiger partial charge on any atom is -0.353 e. The van der Waals surface area contributed by atoms with Gasteiger partial charge in [0, 0.05) is 12.6 Å². The molecule has 7 nitrogen and oxygen atoms in total. The van der Waals surface area contributed by atoms with Crippen LogP contribution in [0.4, 0.5) is 0 Å². The van der Waals surface area contributed by atoms with E-state index in [0.29, 0.717) is 35.7 Å². The summed E-state index contributed by atoms with van der Waals surface area (Å²) >= 11 is 1.59. The molecule has 2 N–H and O–H groups in total. The molecule has 1 aromatic carbocycles. The average Bonchev–Trinajstić information content (AvgIpc) is 3.16. The number of fused-ring (bicyclic) bond motifs is 1. The zero-order valence-corrected chi connectivity index (χ0v) is 17.3. The molecule has 3 rings (SSSR count). The third-order valence-electron chi connectivity index (χ3n) is 5.46. The van der Waals surface area contributed by atoms with Crippen molar-refractivity contribution < 1.29 is 4.79 Å². The molecule has 1 fully saturated rings. The largest absolute Gasteiger partial charge is 0.353 e. The summed E-state index contributed by atoms with van der Waals surface area (Å²) in [6.45, 7) is 4.68. The molecule has 1 aliphatic rings. The lowest BCUT2D eigenvalue weighted by Gasteiger charge is -2.24. The number of hydrogen-bond donors (Lipinski definition) is 2. The second-order valence-corrected chi connectivity index (χ2v) is 8.10. The molecule has 8 heteroatoms. The van der Waals surface area contributed by atoms with Crippen LogP contribution in [0, 0.1) is 0 Å². The number of likely N-dealkylation sites (N-methyl/N-ethyl adjacent to an activating group) is 1. The second-order valence-electron chi connectivity index (χ2n) is 7.12. The predicted octanol–water partition coefficient (Wildman–Crippen LogP) is 1.58. The van der Waals surface area contributed by atoms with Gasteiger partial charge >= 0.3 is 5.69 Å². The van der Waals surface area contributed by atoms with E-state index in [-0.39, 0.29) is 5.91 Å². The van der Waals surface area contributed by atoms with Gasteiger partial charge in [-0.25, -0.2) is 9.36 Å². The molecule has 0 saturated carbocycles. The summed E-state index contributed by atoms with van der Waals surface area (Å²) in [5.41, 5.74) is -0.472. The molecule has 28 heavy (non-hydrogen) atoms. The van der Waals surface area contributed by atoms with Crippen molar-refractivity contribution in [1.82, 2.24) is 19.8 Å². The van der Waals surface area contributed by atoms with Gasteiger partial charge in [0.2, 0.25) is 5.91 Å². The van der Waals surface area contributed by atoms with Crippen LogP contribution in [0.15, 0.2) is 33.9 Å². The van der Waals surface area contributed by atoms with Gasteiger partial charge in [0.1, 0.15) is 6.04 Å². The molecule has 0 unspecified atom stereocenters. The highest BCUT2D eigenvalue weighted by Crippen LogP contribution is 2.17. The third kappa shape index (κ3) is 4.33.